The van der Waals surface area contributed by atoms with E-state index < -0.39 is 12.6 Å². The first kappa shape index (κ1) is 17.7. The molecule has 0 aliphatic carbocycles. The van der Waals surface area contributed by atoms with E-state index in [4.69, 9.17) is 9.47 Å². The summed E-state index contributed by atoms with van der Waals surface area (Å²) in [6.45, 7) is 0.209. The highest BCUT2D eigenvalue weighted by atomic mass is 19.3. The number of aromatic nitrogens is 2. The average molecular weight is 340 g/mol. The molecule has 2 aromatic rings. The number of esters is 1. The van der Waals surface area contributed by atoms with Crippen molar-refractivity contribution in [2.45, 2.75) is 33.2 Å². The number of benzene rings is 1. The summed E-state index contributed by atoms with van der Waals surface area (Å²) in [5, 5.41) is 4.03. The number of alkyl halides is 2. The first-order valence-electron chi connectivity index (χ1n) is 7.27. The number of ether oxygens (including phenoxy) is 3. The molecule has 0 aliphatic heterocycles. The molecule has 2 rings (SSSR count). The van der Waals surface area contributed by atoms with Crippen LogP contribution in [-0.2, 0) is 18.4 Å². The number of rotatable bonds is 7. The maximum Gasteiger partial charge on any atom is 0.387 e. The third-order valence-electron chi connectivity index (χ3n) is 2.97. The highest BCUT2D eigenvalue weighted by molar-refractivity contribution is 5.92. The van der Waals surface area contributed by atoms with Gasteiger partial charge in [-0.05, 0) is 26.0 Å². The highest BCUT2D eigenvalue weighted by Gasteiger charge is 2.20. The zero-order chi connectivity index (χ0) is 17.7. The Balaban J connectivity index is 2.30. The summed E-state index contributed by atoms with van der Waals surface area (Å²) >= 11 is 0. The molecular weight excluding hydrogens is 322 g/mol. The van der Waals surface area contributed by atoms with Gasteiger partial charge in [-0.1, -0.05) is 6.07 Å². The standard InChI is InChI=1S/C16H18F2N2O4/c1-10(2)23-15(21)11-5-4-6-13(24-16(17)18)12(11)9-22-14-7-8-20(3)19-14/h4-8,10,16H,9H2,1-3H3. The molecular formula is C16H18F2N2O4. The summed E-state index contributed by atoms with van der Waals surface area (Å²) in [5.74, 6) is -0.476. The van der Waals surface area contributed by atoms with Gasteiger partial charge in [-0.3, -0.25) is 4.68 Å². The van der Waals surface area contributed by atoms with E-state index in [9.17, 15) is 13.6 Å². The molecule has 0 amide bonds. The summed E-state index contributed by atoms with van der Waals surface area (Å²) < 4.78 is 41.9. The van der Waals surface area contributed by atoms with Gasteiger partial charge in [0.2, 0.25) is 5.88 Å². The quantitative estimate of drug-likeness (QED) is 0.725. The number of aryl methyl sites for hydroxylation is 1. The Hall–Kier alpha value is -2.64. The smallest absolute Gasteiger partial charge is 0.387 e. The van der Waals surface area contributed by atoms with Gasteiger partial charge >= 0.3 is 12.6 Å². The van der Waals surface area contributed by atoms with Gasteiger partial charge in [-0.2, -0.15) is 8.78 Å². The van der Waals surface area contributed by atoms with E-state index in [0.29, 0.717) is 5.88 Å². The first-order valence-corrected chi connectivity index (χ1v) is 7.27. The van der Waals surface area contributed by atoms with E-state index in [0.717, 1.165) is 0 Å². The molecule has 130 valence electrons. The van der Waals surface area contributed by atoms with Crippen LogP contribution in [0.5, 0.6) is 11.6 Å². The minimum absolute atomic E-state index is 0.109. The third-order valence-corrected chi connectivity index (χ3v) is 2.97. The van der Waals surface area contributed by atoms with Gasteiger partial charge < -0.3 is 14.2 Å². The molecule has 1 aromatic heterocycles. The van der Waals surface area contributed by atoms with Crippen molar-refractivity contribution in [1.82, 2.24) is 9.78 Å². The summed E-state index contributed by atoms with van der Waals surface area (Å²) in [7, 11) is 1.71. The van der Waals surface area contributed by atoms with Crippen LogP contribution in [0.15, 0.2) is 30.5 Å². The van der Waals surface area contributed by atoms with Crippen molar-refractivity contribution in [3.05, 3.63) is 41.6 Å². The molecule has 0 saturated heterocycles. The Kier molecular flexibility index (Phi) is 5.73. The molecule has 0 fully saturated rings. The van der Waals surface area contributed by atoms with Crippen molar-refractivity contribution in [2.75, 3.05) is 0 Å². The highest BCUT2D eigenvalue weighted by Crippen LogP contribution is 2.26. The van der Waals surface area contributed by atoms with Gasteiger partial charge in [0.1, 0.15) is 12.4 Å². The van der Waals surface area contributed by atoms with Crippen LogP contribution in [0.25, 0.3) is 0 Å². The van der Waals surface area contributed by atoms with Crippen LogP contribution in [0.1, 0.15) is 29.8 Å². The molecule has 8 heteroatoms. The summed E-state index contributed by atoms with van der Waals surface area (Å²) in [6.07, 6.45) is 1.33. The molecule has 0 atom stereocenters. The molecule has 1 heterocycles. The van der Waals surface area contributed by atoms with E-state index in [1.54, 1.807) is 33.2 Å². The number of halogens is 2. The van der Waals surface area contributed by atoms with Crippen molar-refractivity contribution in [1.29, 1.82) is 0 Å². The van der Waals surface area contributed by atoms with Gasteiger partial charge in [0.15, 0.2) is 0 Å². The lowest BCUT2D eigenvalue weighted by Crippen LogP contribution is -2.16. The van der Waals surface area contributed by atoms with Crippen molar-refractivity contribution in [2.24, 2.45) is 7.05 Å². The van der Waals surface area contributed by atoms with Gasteiger partial charge in [-0.15, -0.1) is 5.10 Å². The Labute approximate surface area is 137 Å². The molecule has 0 N–H and O–H groups in total. The van der Waals surface area contributed by atoms with Crippen LogP contribution in [0.2, 0.25) is 0 Å². The third kappa shape index (κ3) is 4.68. The fraction of sp³-hybridized carbons (Fsp3) is 0.375. The number of nitrogens with zero attached hydrogens (tertiary/aromatic N) is 2. The topological polar surface area (TPSA) is 62.6 Å². The second-order valence-corrected chi connectivity index (χ2v) is 5.23. The van der Waals surface area contributed by atoms with Crippen LogP contribution in [0.3, 0.4) is 0 Å². The second kappa shape index (κ2) is 7.76. The monoisotopic (exact) mass is 340 g/mol. The lowest BCUT2D eigenvalue weighted by Gasteiger charge is -2.15. The number of carbonyl (C=O) groups excluding carboxylic acids is 1. The van der Waals surface area contributed by atoms with E-state index >= 15 is 0 Å². The van der Waals surface area contributed by atoms with Crippen LogP contribution < -0.4 is 9.47 Å². The van der Waals surface area contributed by atoms with Gasteiger partial charge in [0.25, 0.3) is 0 Å². The van der Waals surface area contributed by atoms with Crippen LogP contribution in [0.4, 0.5) is 8.78 Å². The number of hydrogen-bond donors (Lipinski definition) is 0. The molecule has 0 aliphatic rings. The predicted molar refractivity (Wildman–Crippen MR) is 81.2 cm³/mol. The van der Waals surface area contributed by atoms with E-state index in [-0.39, 0.29) is 29.6 Å². The minimum atomic E-state index is -3.02. The fourth-order valence-corrected chi connectivity index (χ4v) is 2.01. The zero-order valence-electron chi connectivity index (χ0n) is 13.5. The lowest BCUT2D eigenvalue weighted by atomic mass is 10.1. The molecule has 1 aromatic carbocycles. The zero-order valence-corrected chi connectivity index (χ0v) is 13.5. The Bertz CT molecular complexity index is 701. The maximum absolute atomic E-state index is 12.6. The SMILES string of the molecule is CC(C)OC(=O)c1cccc(OC(F)F)c1COc1ccn(C)n1. The Morgan fingerprint density at radius 2 is 2.04 bits per heavy atom. The van der Waals surface area contributed by atoms with Crippen LogP contribution in [-0.4, -0.2) is 28.5 Å². The van der Waals surface area contributed by atoms with Gasteiger partial charge in [-0.25, -0.2) is 4.79 Å². The lowest BCUT2D eigenvalue weighted by molar-refractivity contribution is -0.0510. The molecule has 0 saturated carbocycles. The second-order valence-electron chi connectivity index (χ2n) is 5.23. The molecule has 0 spiro atoms. The molecule has 6 nitrogen and oxygen atoms in total. The largest absolute Gasteiger partial charge is 0.472 e. The Morgan fingerprint density at radius 3 is 2.62 bits per heavy atom. The average Bonchev–Trinajstić information content (AvgIpc) is 2.90. The van der Waals surface area contributed by atoms with Crippen molar-refractivity contribution >= 4 is 5.97 Å². The summed E-state index contributed by atoms with van der Waals surface area (Å²) in [6, 6.07) is 5.87. The molecule has 0 radical (unpaired) electrons. The van der Waals surface area contributed by atoms with Crippen molar-refractivity contribution in [3.63, 3.8) is 0 Å². The first-order chi connectivity index (χ1) is 11.4. The fourth-order valence-electron chi connectivity index (χ4n) is 2.01. The van der Waals surface area contributed by atoms with Crippen LogP contribution in [0, 0.1) is 0 Å². The van der Waals surface area contributed by atoms with Gasteiger partial charge in [0, 0.05) is 24.9 Å². The van der Waals surface area contributed by atoms with E-state index in [1.807, 2.05) is 0 Å². The maximum atomic E-state index is 12.6. The van der Waals surface area contributed by atoms with Crippen molar-refractivity contribution < 1.29 is 27.8 Å². The van der Waals surface area contributed by atoms with Crippen LogP contribution >= 0.6 is 0 Å². The summed E-state index contributed by atoms with van der Waals surface area (Å²) in [4.78, 5) is 12.2. The number of hydrogen-bond acceptors (Lipinski definition) is 5. The van der Waals surface area contributed by atoms with Crippen molar-refractivity contribution in [3.8, 4) is 11.6 Å². The van der Waals surface area contributed by atoms with E-state index in [1.165, 1.54) is 22.9 Å². The predicted octanol–water partition coefficient (Wildman–Crippen LogP) is 3.17. The van der Waals surface area contributed by atoms with Gasteiger partial charge in [0.05, 0.1) is 11.7 Å². The normalized spacial score (nSPS) is 11.0. The minimum Gasteiger partial charge on any atom is -0.472 e. The van der Waals surface area contributed by atoms with E-state index in [2.05, 4.69) is 9.84 Å². The molecule has 24 heavy (non-hydrogen) atoms. The number of carbonyl (C=O) groups is 1. The summed E-state index contributed by atoms with van der Waals surface area (Å²) in [5.41, 5.74) is 0.284. The molecule has 0 unspecified atom stereocenters. The Morgan fingerprint density at radius 1 is 1.29 bits per heavy atom. The molecule has 0 bridgehead atoms.